The van der Waals surface area contributed by atoms with Crippen molar-refractivity contribution >= 4 is 16.8 Å². The summed E-state index contributed by atoms with van der Waals surface area (Å²) >= 11 is 0. The Morgan fingerprint density at radius 1 is 1.38 bits per heavy atom. The molecule has 1 heterocycles. The van der Waals surface area contributed by atoms with Crippen LogP contribution in [0, 0.1) is 0 Å². The van der Waals surface area contributed by atoms with Gasteiger partial charge in [-0.15, -0.1) is 0 Å². The zero-order valence-corrected chi connectivity index (χ0v) is 14.2. The summed E-state index contributed by atoms with van der Waals surface area (Å²) in [7, 11) is 1.97. The molecule has 0 fully saturated rings. The smallest absolute Gasteiger partial charge is 0.274 e. The number of fused-ring (bicyclic) bond motifs is 1. The first kappa shape index (κ1) is 17.6. The van der Waals surface area contributed by atoms with Crippen molar-refractivity contribution in [1.29, 1.82) is 0 Å². The largest absolute Gasteiger partial charge is 0.399 e. The summed E-state index contributed by atoms with van der Waals surface area (Å²) in [5.41, 5.74) is 12.0. The second-order valence-corrected chi connectivity index (χ2v) is 5.79. The zero-order chi connectivity index (χ0) is 17.7. The molecule has 5 nitrogen and oxygen atoms in total. The van der Waals surface area contributed by atoms with Gasteiger partial charge >= 0.3 is 0 Å². The number of hydrogen-bond acceptors (Lipinski definition) is 3. The molecule has 1 aromatic carbocycles. The van der Waals surface area contributed by atoms with Gasteiger partial charge in [0, 0.05) is 35.4 Å². The van der Waals surface area contributed by atoms with E-state index in [4.69, 9.17) is 10.9 Å². The number of amides is 1. The highest BCUT2D eigenvalue weighted by atomic mass is 16.5. The maximum absolute atomic E-state index is 11.6. The number of hydrogen-bond donors (Lipinski definition) is 3. The molecule has 0 bridgehead atoms. The number of aryl methyl sites for hydroxylation is 1. The van der Waals surface area contributed by atoms with Crippen LogP contribution >= 0.6 is 0 Å². The number of carbonyl (C=O) groups is 1. The molecule has 5 heteroatoms. The van der Waals surface area contributed by atoms with Crippen molar-refractivity contribution in [2.75, 3.05) is 0 Å². The van der Waals surface area contributed by atoms with Crippen LogP contribution in [0.15, 0.2) is 60.0 Å². The van der Waals surface area contributed by atoms with Crippen LogP contribution in [0.2, 0.25) is 0 Å². The van der Waals surface area contributed by atoms with Crippen LogP contribution in [0.1, 0.15) is 29.8 Å². The van der Waals surface area contributed by atoms with E-state index in [2.05, 4.69) is 6.20 Å². The van der Waals surface area contributed by atoms with Gasteiger partial charge in [-0.1, -0.05) is 17.7 Å². The van der Waals surface area contributed by atoms with E-state index in [9.17, 15) is 4.79 Å². The summed E-state index contributed by atoms with van der Waals surface area (Å²) in [5.74, 6) is -0.513. The first-order chi connectivity index (χ1) is 11.5. The molecule has 4 N–H and O–H groups in total. The lowest BCUT2D eigenvalue weighted by Gasteiger charge is -2.03. The van der Waals surface area contributed by atoms with E-state index < -0.39 is 5.91 Å². The van der Waals surface area contributed by atoms with Gasteiger partial charge in [-0.05, 0) is 56.2 Å². The number of nitrogens with one attached hydrogen (secondary N) is 1. The summed E-state index contributed by atoms with van der Waals surface area (Å²) < 4.78 is 2.03. The van der Waals surface area contributed by atoms with Crippen LogP contribution in [-0.2, 0) is 13.5 Å². The minimum Gasteiger partial charge on any atom is -0.399 e. The lowest BCUT2D eigenvalue weighted by molar-refractivity contribution is 0.0706. The number of nitrogens with two attached hydrogens (primary N) is 1. The van der Waals surface area contributed by atoms with Gasteiger partial charge in [0.1, 0.15) is 0 Å². The highest BCUT2D eigenvalue weighted by molar-refractivity contribution is 5.98. The van der Waals surface area contributed by atoms with Crippen molar-refractivity contribution in [2.45, 2.75) is 20.3 Å². The molecular weight excluding hydrogens is 302 g/mol. The Kier molecular flexibility index (Phi) is 5.60. The normalized spacial score (nSPS) is 13.0. The van der Waals surface area contributed by atoms with E-state index in [1.165, 1.54) is 0 Å². The summed E-state index contributed by atoms with van der Waals surface area (Å²) in [6.45, 7) is 3.97. The Bertz CT molecular complexity index is 842. The predicted octanol–water partition coefficient (Wildman–Crippen LogP) is 3.20. The Morgan fingerprint density at radius 2 is 2.12 bits per heavy atom. The molecule has 0 aliphatic rings. The molecule has 1 amide bonds. The lowest BCUT2D eigenvalue weighted by Crippen LogP contribution is -2.18. The molecule has 0 aliphatic heterocycles. The predicted molar refractivity (Wildman–Crippen MR) is 96.7 cm³/mol. The van der Waals surface area contributed by atoms with E-state index >= 15 is 0 Å². The van der Waals surface area contributed by atoms with Gasteiger partial charge in [0.15, 0.2) is 0 Å². The Morgan fingerprint density at radius 3 is 2.79 bits per heavy atom. The molecule has 0 spiro atoms. The van der Waals surface area contributed by atoms with E-state index in [0.29, 0.717) is 11.3 Å². The van der Waals surface area contributed by atoms with Crippen LogP contribution in [0.3, 0.4) is 0 Å². The average Bonchev–Trinajstić information content (AvgIpc) is 2.88. The number of carbonyl (C=O) groups excluding carboxylic acids is 1. The quantitative estimate of drug-likeness (QED) is 0.448. The van der Waals surface area contributed by atoms with Crippen LogP contribution in [-0.4, -0.2) is 15.7 Å². The van der Waals surface area contributed by atoms with Crippen molar-refractivity contribution in [2.24, 2.45) is 12.8 Å². The van der Waals surface area contributed by atoms with Gasteiger partial charge in [-0.3, -0.25) is 10.0 Å². The fourth-order valence-corrected chi connectivity index (χ4v) is 2.67. The average molecular weight is 325 g/mol. The van der Waals surface area contributed by atoms with Crippen LogP contribution in [0.5, 0.6) is 0 Å². The van der Waals surface area contributed by atoms with Crippen molar-refractivity contribution in [1.82, 2.24) is 10.0 Å². The summed E-state index contributed by atoms with van der Waals surface area (Å²) in [5, 5.41) is 9.81. The van der Waals surface area contributed by atoms with Gasteiger partial charge in [0.25, 0.3) is 5.91 Å². The number of rotatable bonds is 5. The van der Waals surface area contributed by atoms with Crippen LogP contribution in [0.4, 0.5) is 0 Å². The van der Waals surface area contributed by atoms with E-state index in [-0.39, 0.29) is 0 Å². The molecule has 24 heavy (non-hydrogen) atoms. The Balaban J connectivity index is 2.36. The molecule has 1 aromatic heterocycles. The maximum Gasteiger partial charge on any atom is 0.274 e. The first-order valence-electron chi connectivity index (χ1n) is 7.74. The van der Waals surface area contributed by atoms with E-state index in [1.54, 1.807) is 17.6 Å². The Hall–Kier alpha value is -2.79. The maximum atomic E-state index is 11.6. The number of allylic oxidation sites excluding steroid dienone is 5. The second kappa shape index (κ2) is 7.66. The molecule has 2 rings (SSSR count). The fraction of sp³-hybridized carbons (Fsp3) is 0.211. The molecule has 0 aliphatic carbocycles. The highest BCUT2D eigenvalue weighted by Gasteiger charge is 2.11. The van der Waals surface area contributed by atoms with Crippen molar-refractivity contribution in [3.05, 3.63) is 71.1 Å². The Labute approximate surface area is 141 Å². The molecule has 2 aromatic rings. The third kappa shape index (κ3) is 3.94. The summed E-state index contributed by atoms with van der Waals surface area (Å²) in [4.78, 5) is 11.6. The number of hydroxylamine groups is 1. The van der Waals surface area contributed by atoms with Crippen LogP contribution in [0.25, 0.3) is 10.9 Å². The SMILES string of the molecule is C\C=C/C(N)=C\C=C(/C)Cc1cn(C)c2ccc(C(=O)NO)cc12. The third-order valence-corrected chi connectivity index (χ3v) is 3.82. The minimum atomic E-state index is -0.513. The van der Waals surface area contributed by atoms with Crippen molar-refractivity contribution in [3.63, 3.8) is 0 Å². The molecule has 126 valence electrons. The molecule has 0 saturated carbocycles. The van der Waals surface area contributed by atoms with Gasteiger partial charge < -0.3 is 10.3 Å². The fourth-order valence-electron chi connectivity index (χ4n) is 2.67. The number of aromatic nitrogens is 1. The molecule has 0 atom stereocenters. The summed E-state index contributed by atoms with van der Waals surface area (Å²) in [6.07, 6.45) is 10.4. The minimum absolute atomic E-state index is 0.427. The molecular formula is C19H23N3O2. The van der Waals surface area contributed by atoms with Crippen molar-refractivity contribution in [3.8, 4) is 0 Å². The van der Waals surface area contributed by atoms with Gasteiger partial charge in [-0.25, -0.2) is 5.48 Å². The summed E-state index contributed by atoms with van der Waals surface area (Å²) in [6, 6.07) is 5.38. The molecule has 0 saturated heterocycles. The van der Waals surface area contributed by atoms with E-state index in [1.807, 2.05) is 55.8 Å². The van der Waals surface area contributed by atoms with E-state index in [0.717, 1.165) is 28.5 Å². The molecule has 0 radical (unpaired) electrons. The topological polar surface area (TPSA) is 80.3 Å². The zero-order valence-electron chi connectivity index (χ0n) is 14.2. The van der Waals surface area contributed by atoms with Gasteiger partial charge in [0.2, 0.25) is 0 Å². The number of nitrogens with zero attached hydrogens (tertiary/aromatic N) is 1. The van der Waals surface area contributed by atoms with Crippen LogP contribution < -0.4 is 11.2 Å². The standard InChI is InChI=1S/C19H23N3O2/c1-4-5-16(20)8-6-13(2)10-15-12-22(3)18-9-7-14(11-17(15)18)19(23)21-24/h4-9,11-12,24H,10,20H2,1-3H3,(H,21,23)/b5-4-,13-6+,16-8+. The second-order valence-electron chi connectivity index (χ2n) is 5.79. The molecule has 0 unspecified atom stereocenters. The van der Waals surface area contributed by atoms with Gasteiger partial charge in [0.05, 0.1) is 0 Å². The third-order valence-electron chi connectivity index (χ3n) is 3.82. The van der Waals surface area contributed by atoms with Gasteiger partial charge in [-0.2, -0.15) is 0 Å². The number of benzene rings is 1. The first-order valence-corrected chi connectivity index (χ1v) is 7.74. The highest BCUT2D eigenvalue weighted by Crippen LogP contribution is 2.24. The monoisotopic (exact) mass is 325 g/mol. The van der Waals surface area contributed by atoms with Crippen molar-refractivity contribution < 1.29 is 10.0 Å². The lowest BCUT2D eigenvalue weighted by atomic mass is 10.0.